The summed E-state index contributed by atoms with van der Waals surface area (Å²) in [5, 5.41) is 18.0. The number of carbonyl (C=O) groups excluding carboxylic acids is 1. The molecule has 5 nitrogen and oxygen atoms in total. The topological polar surface area (TPSA) is 71.1 Å². The molecule has 1 fully saturated rings. The van der Waals surface area contributed by atoms with Crippen molar-refractivity contribution in [2.24, 2.45) is 0 Å². The molecular formula is C24H24N4O. The SMILES string of the molecule is N#Cc1ccc(CCN2CCN(C3CCc4cc(C#N)ccc4C3)C(=O)C2)cc1. The Morgan fingerprint density at radius 3 is 2.45 bits per heavy atom. The van der Waals surface area contributed by atoms with Crippen molar-refractivity contribution in [3.05, 3.63) is 70.3 Å². The van der Waals surface area contributed by atoms with Gasteiger partial charge < -0.3 is 4.90 Å². The number of piperazine rings is 1. The van der Waals surface area contributed by atoms with Gasteiger partial charge in [0.15, 0.2) is 0 Å². The molecule has 1 aliphatic carbocycles. The number of rotatable bonds is 4. The Morgan fingerprint density at radius 2 is 1.72 bits per heavy atom. The van der Waals surface area contributed by atoms with Crippen molar-refractivity contribution in [1.29, 1.82) is 10.5 Å². The highest BCUT2D eigenvalue weighted by molar-refractivity contribution is 5.79. The first-order valence-corrected chi connectivity index (χ1v) is 10.2. The Bertz CT molecular complexity index is 983. The molecule has 0 aromatic heterocycles. The van der Waals surface area contributed by atoms with Crippen molar-refractivity contribution in [3.8, 4) is 12.1 Å². The molecule has 1 unspecified atom stereocenters. The Balaban J connectivity index is 1.31. The quantitative estimate of drug-likeness (QED) is 0.813. The molecule has 2 aromatic carbocycles. The van der Waals surface area contributed by atoms with E-state index < -0.39 is 0 Å². The van der Waals surface area contributed by atoms with Crippen molar-refractivity contribution < 1.29 is 4.79 Å². The lowest BCUT2D eigenvalue weighted by Gasteiger charge is -2.41. The van der Waals surface area contributed by atoms with Crippen LogP contribution >= 0.6 is 0 Å². The van der Waals surface area contributed by atoms with Crippen LogP contribution in [0.2, 0.25) is 0 Å². The fourth-order valence-electron chi connectivity index (χ4n) is 4.42. The Kier molecular flexibility index (Phi) is 5.60. The van der Waals surface area contributed by atoms with Gasteiger partial charge in [0.25, 0.3) is 0 Å². The van der Waals surface area contributed by atoms with E-state index in [4.69, 9.17) is 10.5 Å². The standard InChI is InChI=1S/C24H24N4O/c25-15-19-3-1-18(2-4-19)9-10-27-11-12-28(24(29)17-27)23-8-7-21-13-20(16-26)5-6-22(21)14-23/h1-6,13,23H,7-12,14,17H2. The van der Waals surface area contributed by atoms with Crippen LogP contribution in [0.3, 0.4) is 0 Å². The summed E-state index contributed by atoms with van der Waals surface area (Å²) in [5.74, 6) is 0.221. The number of benzene rings is 2. The van der Waals surface area contributed by atoms with Crippen molar-refractivity contribution in [2.75, 3.05) is 26.2 Å². The van der Waals surface area contributed by atoms with Crippen molar-refractivity contribution in [2.45, 2.75) is 31.7 Å². The predicted molar refractivity (Wildman–Crippen MR) is 110 cm³/mol. The molecular weight excluding hydrogens is 360 g/mol. The van der Waals surface area contributed by atoms with E-state index in [1.54, 1.807) is 0 Å². The molecule has 1 heterocycles. The van der Waals surface area contributed by atoms with E-state index in [2.05, 4.69) is 28.0 Å². The van der Waals surface area contributed by atoms with Crippen LogP contribution in [0.1, 0.15) is 34.2 Å². The lowest BCUT2D eigenvalue weighted by atomic mass is 9.86. The summed E-state index contributed by atoms with van der Waals surface area (Å²) in [7, 11) is 0. The molecule has 2 aliphatic rings. The van der Waals surface area contributed by atoms with Crippen LogP contribution in [0.5, 0.6) is 0 Å². The van der Waals surface area contributed by atoms with Crippen LogP contribution in [0, 0.1) is 22.7 Å². The summed E-state index contributed by atoms with van der Waals surface area (Å²) in [6, 6.07) is 18.2. The van der Waals surface area contributed by atoms with Crippen molar-refractivity contribution in [3.63, 3.8) is 0 Å². The molecule has 0 radical (unpaired) electrons. The lowest BCUT2D eigenvalue weighted by Crippen LogP contribution is -2.55. The smallest absolute Gasteiger partial charge is 0.237 e. The normalized spacial score (nSPS) is 19.3. The molecule has 146 valence electrons. The fourth-order valence-corrected chi connectivity index (χ4v) is 4.42. The molecule has 4 rings (SSSR count). The lowest BCUT2D eigenvalue weighted by molar-refractivity contribution is -0.138. The van der Waals surface area contributed by atoms with Gasteiger partial charge in [0.2, 0.25) is 5.91 Å². The van der Waals surface area contributed by atoms with E-state index in [9.17, 15) is 4.79 Å². The van der Waals surface area contributed by atoms with Gasteiger partial charge in [-0.05, 0) is 66.6 Å². The van der Waals surface area contributed by atoms with Gasteiger partial charge in [0.05, 0.1) is 29.8 Å². The van der Waals surface area contributed by atoms with Crippen molar-refractivity contribution >= 4 is 5.91 Å². The van der Waals surface area contributed by atoms with Crippen LogP contribution in [0.25, 0.3) is 0 Å². The number of nitriles is 2. The fraction of sp³-hybridized carbons (Fsp3) is 0.375. The minimum Gasteiger partial charge on any atom is -0.337 e. The maximum atomic E-state index is 12.8. The molecule has 0 N–H and O–H groups in total. The zero-order valence-corrected chi connectivity index (χ0v) is 16.5. The molecule has 1 amide bonds. The molecule has 1 saturated heterocycles. The third-order valence-electron chi connectivity index (χ3n) is 6.11. The first kappa shape index (κ1) is 19.2. The van der Waals surface area contributed by atoms with Gasteiger partial charge >= 0.3 is 0 Å². The highest BCUT2D eigenvalue weighted by Crippen LogP contribution is 2.26. The van der Waals surface area contributed by atoms with E-state index in [0.29, 0.717) is 17.7 Å². The molecule has 0 spiro atoms. The maximum Gasteiger partial charge on any atom is 0.237 e. The zero-order chi connectivity index (χ0) is 20.2. The number of carbonyl (C=O) groups is 1. The summed E-state index contributed by atoms with van der Waals surface area (Å²) in [4.78, 5) is 17.1. The van der Waals surface area contributed by atoms with Gasteiger partial charge in [0.1, 0.15) is 0 Å². The molecule has 1 atom stereocenters. The van der Waals surface area contributed by atoms with E-state index in [0.717, 1.165) is 45.3 Å². The van der Waals surface area contributed by atoms with Gasteiger partial charge in [0, 0.05) is 25.7 Å². The van der Waals surface area contributed by atoms with E-state index in [1.165, 1.54) is 16.7 Å². The number of hydrogen-bond donors (Lipinski definition) is 0. The first-order chi connectivity index (χ1) is 14.2. The van der Waals surface area contributed by atoms with Crippen molar-refractivity contribution in [1.82, 2.24) is 9.80 Å². The number of hydrogen-bond acceptors (Lipinski definition) is 4. The maximum absolute atomic E-state index is 12.8. The van der Waals surface area contributed by atoms with Crippen LogP contribution in [-0.4, -0.2) is 47.9 Å². The highest BCUT2D eigenvalue weighted by Gasteiger charge is 2.31. The number of nitrogens with zero attached hydrogens (tertiary/aromatic N) is 4. The Morgan fingerprint density at radius 1 is 0.966 bits per heavy atom. The molecule has 1 aliphatic heterocycles. The highest BCUT2D eigenvalue weighted by atomic mass is 16.2. The second-order valence-electron chi connectivity index (χ2n) is 7.91. The minimum absolute atomic E-state index is 0.221. The molecule has 0 saturated carbocycles. The predicted octanol–water partition coefficient (Wildman–Crippen LogP) is 2.67. The van der Waals surface area contributed by atoms with E-state index in [-0.39, 0.29) is 11.9 Å². The zero-order valence-electron chi connectivity index (χ0n) is 16.5. The summed E-state index contributed by atoms with van der Waals surface area (Å²) in [6.07, 6.45) is 3.68. The molecule has 2 aromatic rings. The first-order valence-electron chi connectivity index (χ1n) is 10.2. The summed E-state index contributed by atoms with van der Waals surface area (Å²) < 4.78 is 0. The second-order valence-corrected chi connectivity index (χ2v) is 7.91. The number of amides is 1. The molecule has 0 bridgehead atoms. The minimum atomic E-state index is 0.221. The molecule has 29 heavy (non-hydrogen) atoms. The number of fused-ring (bicyclic) bond motifs is 1. The third-order valence-corrected chi connectivity index (χ3v) is 6.11. The monoisotopic (exact) mass is 384 g/mol. The van der Waals surface area contributed by atoms with Crippen LogP contribution in [0.4, 0.5) is 0 Å². The van der Waals surface area contributed by atoms with Gasteiger partial charge in [-0.25, -0.2) is 0 Å². The van der Waals surface area contributed by atoms with Gasteiger partial charge in [-0.15, -0.1) is 0 Å². The van der Waals surface area contributed by atoms with E-state index >= 15 is 0 Å². The van der Waals surface area contributed by atoms with E-state index in [1.807, 2.05) is 36.4 Å². The summed E-state index contributed by atoms with van der Waals surface area (Å²) >= 11 is 0. The average Bonchev–Trinajstić information content (AvgIpc) is 2.77. The summed E-state index contributed by atoms with van der Waals surface area (Å²) in [5.41, 5.74) is 5.12. The third kappa shape index (κ3) is 4.31. The Hall–Kier alpha value is -3.15. The Labute approximate surface area is 171 Å². The van der Waals surface area contributed by atoms with Gasteiger partial charge in [-0.3, -0.25) is 9.69 Å². The van der Waals surface area contributed by atoms with Gasteiger partial charge in [-0.2, -0.15) is 10.5 Å². The average molecular weight is 384 g/mol. The second kappa shape index (κ2) is 8.47. The number of aryl methyl sites for hydroxylation is 1. The molecule has 5 heteroatoms. The van der Waals surface area contributed by atoms with Gasteiger partial charge in [-0.1, -0.05) is 18.2 Å². The van der Waals surface area contributed by atoms with Crippen LogP contribution in [0.15, 0.2) is 42.5 Å². The van der Waals surface area contributed by atoms with Crippen LogP contribution in [-0.2, 0) is 24.1 Å². The summed E-state index contributed by atoms with van der Waals surface area (Å²) in [6.45, 7) is 3.02. The largest absolute Gasteiger partial charge is 0.337 e. The van der Waals surface area contributed by atoms with Crippen LogP contribution < -0.4 is 0 Å².